The van der Waals surface area contributed by atoms with E-state index in [2.05, 4.69) is 0 Å². The predicted molar refractivity (Wildman–Crippen MR) is 53.3 cm³/mol. The second-order valence-electron chi connectivity index (χ2n) is 3.93. The van der Waals surface area contributed by atoms with Crippen molar-refractivity contribution in [3.05, 3.63) is 0 Å². The summed E-state index contributed by atoms with van der Waals surface area (Å²) >= 11 is 0. The summed E-state index contributed by atoms with van der Waals surface area (Å²) in [6.07, 6.45) is 4.66. The predicted octanol–water partition coefficient (Wildman–Crippen LogP) is 0.960. The van der Waals surface area contributed by atoms with Gasteiger partial charge in [-0.3, -0.25) is 9.69 Å². The molecule has 1 aliphatic rings. The van der Waals surface area contributed by atoms with Gasteiger partial charge in [0.2, 0.25) is 0 Å². The van der Waals surface area contributed by atoms with Crippen LogP contribution < -0.4 is 0 Å². The summed E-state index contributed by atoms with van der Waals surface area (Å²) in [5.41, 5.74) is 0. The molecule has 1 N–H and O–H groups in total. The second-order valence-corrected chi connectivity index (χ2v) is 3.93. The van der Waals surface area contributed by atoms with Crippen LogP contribution in [-0.2, 0) is 9.53 Å². The van der Waals surface area contributed by atoms with Crippen LogP contribution in [0.2, 0.25) is 0 Å². The third-order valence-corrected chi connectivity index (χ3v) is 2.92. The molecule has 0 saturated heterocycles. The van der Waals surface area contributed by atoms with E-state index in [1.54, 1.807) is 7.11 Å². The number of carboxylic acids is 1. The van der Waals surface area contributed by atoms with Crippen LogP contribution in [0.15, 0.2) is 0 Å². The van der Waals surface area contributed by atoms with E-state index in [0.717, 1.165) is 12.8 Å². The molecule has 1 rings (SSSR count). The summed E-state index contributed by atoms with van der Waals surface area (Å²) in [6.45, 7) is 0.102. The van der Waals surface area contributed by atoms with Gasteiger partial charge >= 0.3 is 5.97 Å². The zero-order chi connectivity index (χ0) is 10.6. The lowest BCUT2D eigenvalue weighted by Crippen LogP contribution is -2.46. The highest BCUT2D eigenvalue weighted by Crippen LogP contribution is 2.24. The Morgan fingerprint density at radius 1 is 1.50 bits per heavy atom. The van der Waals surface area contributed by atoms with Crippen molar-refractivity contribution in [3.63, 3.8) is 0 Å². The first-order chi connectivity index (χ1) is 6.65. The van der Waals surface area contributed by atoms with Gasteiger partial charge in [0, 0.05) is 13.2 Å². The van der Waals surface area contributed by atoms with E-state index in [9.17, 15) is 4.79 Å². The van der Waals surface area contributed by atoms with Gasteiger partial charge in [0.25, 0.3) is 0 Å². The van der Waals surface area contributed by atoms with Crippen molar-refractivity contribution in [2.45, 2.75) is 37.8 Å². The van der Waals surface area contributed by atoms with Crippen molar-refractivity contribution in [1.29, 1.82) is 0 Å². The molecule has 0 radical (unpaired) electrons. The Labute approximate surface area is 84.8 Å². The first-order valence-corrected chi connectivity index (χ1v) is 5.10. The number of methoxy groups -OCH3 is 1. The first kappa shape index (κ1) is 11.5. The summed E-state index contributed by atoms with van der Waals surface area (Å²) < 4.78 is 5.37. The number of likely N-dealkylation sites (N-methyl/N-ethyl adjacent to an activating group) is 1. The molecule has 1 aliphatic carbocycles. The number of rotatable bonds is 4. The van der Waals surface area contributed by atoms with Crippen molar-refractivity contribution < 1.29 is 14.6 Å². The summed E-state index contributed by atoms with van der Waals surface area (Å²) in [7, 11) is 3.56. The maximum absolute atomic E-state index is 10.6. The molecule has 0 aromatic heterocycles. The van der Waals surface area contributed by atoms with Crippen LogP contribution >= 0.6 is 0 Å². The molecule has 0 aromatic rings. The van der Waals surface area contributed by atoms with E-state index in [0.29, 0.717) is 0 Å². The number of hydrogen-bond acceptors (Lipinski definition) is 3. The van der Waals surface area contributed by atoms with Gasteiger partial charge in [-0.25, -0.2) is 0 Å². The highest BCUT2D eigenvalue weighted by atomic mass is 16.5. The highest BCUT2D eigenvalue weighted by Gasteiger charge is 2.28. The summed E-state index contributed by atoms with van der Waals surface area (Å²) in [4.78, 5) is 12.4. The van der Waals surface area contributed by atoms with Crippen molar-refractivity contribution in [2.75, 3.05) is 20.7 Å². The Kier molecular flexibility index (Phi) is 4.35. The number of hydrogen-bond donors (Lipinski definition) is 1. The van der Waals surface area contributed by atoms with E-state index >= 15 is 0 Å². The summed E-state index contributed by atoms with van der Waals surface area (Å²) in [5.74, 6) is -0.770. The topological polar surface area (TPSA) is 49.8 Å². The second kappa shape index (κ2) is 5.32. The Morgan fingerprint density at radius 3 is 2.71 bits per heavy atom. The van der Waals surface area contributed by atoms with E-state index in [1.165, 1.54) is 12.8 Å². The minimum Gasteiger partial charge on any atom is -0.480 e. The smallest absolute Gasteiger partial charge is 0.317 e. The summed E-state index contributed by atoms with van der Waals surface area (Å²) in [5, 5.41) is 8.69. The minimum absolute atomic E-state index is 0.102. The van der Waals surface area contributed by atoms with Crippen LogP contribution in [0.4, 0.5) is 0 Å². The fourth-order valence-electron chi connectivity index (χ4n) is 2.19. The first-order valence-electron chi connectivity index (χ1n) is 5.10. The van der Waals surface area contributed by atoms with Crippen molar-refractivity contribution >= 4 is 5.97 Å². The van der Waals surface area contributed by atoms with Crippen molar-refractivity contribution in [1.82, 2.24) is 4.90 Å². The Hall–Kier alpha value is -0.610. The lowest BCUT2D eigenvalue weighted by atomic mass is 9.91. The number of nitrogens with zero attached hydrogens (tertiary/aromatic N) is 1. The molecule has 0 spiro atoms. The Balaban J connectivity index is 2.49. The van der Waals surface area contributed by atoms with Gasteiger partial charge in [-0.15, -0.1) is 0 Å². The number of ether oxygens (including phenoxy) is 1. The maximum Gasteiger partial charge on any atom is 0.317 e. The normalized spacial score (nSPS) is 27.9. The van der Waals surface area contributed by atoms with Gasteiger partial charge in [0.1, 0.15) is 0 Å². The largest absolute Gasteiger partial charge is 0.480 e. The number of aliphatic carboxylic acids is 1. The third kappa shape index (κ3) is 2.96. The zero-order valence-electron chi connectivity index (χ0n) is 8.90. The van der Waals surface area contributed by atoms with Gasteiger partial charge in [-0.1, -0.05) is 12.8 Å². The molecule has 2 atom stereocenters. The molecular formula is C10H19NO3. The van der Waals surface area contributed by atoms with Crippen LogP contribution in [0.25, 0.3) is 0 Å². The third-order valence-electron chi connectivity index (χ3n) is 2.92. The SMILES string of the molecule is COC1CCCCC1N(C)CC(=O)O. The molecule has 0 amide bonds. The van der Waals surface area contributed by atoms with Gasteiger partial charge in [-0.05, 0) is 19.9 Å². The average molecular weight is 201 g/mol. The van der Waals surface area contributed by atoms with Crippen LogP contribution in [-0.4, -0.2) is 48.8 Å². The molecule has 14 heavy (non-hydrogen) atoms. The van der Waals surface area contributed by atoms with Crippen LogP contribution in [0.5, 0.6) is 0 Å². The average Bonchev–Trinajstić information content (AvgIpc) is 2.16. The molecule has 0 bridgehead atoms. The standard InChI is InChI=1S/C10H19NO3/c1-11(7-10(12)13)8-5-3-4-6-9(8)14-2/h8-9H,3-7H2,1-2H3,(H,12,13). The molecule has 82 valence electrons. The van der Waals surface area contributed by atoms with Gasteiger partial charge in [0.15, 0.2) is 0 Å². The molecule has 4 heteroatoms. The molecular weight excluding hydrogens is 182 g/mol. The Morgan fingerprint density at radius 2 is 2.14 bits per heavy atom. The lowest BCUT2D eigenvalue weighted by molar-refractivity contribution is -0.139. The molecule has 0 aromatic carbocycles. The van der Waals surface area contributed by atoms with E-state index in [1.807, 2.05) is 11.9 Å². The van der Waals surface area contributed by atoms with E-state index in [4.69, 9.17) is 9.84 Å². The fourth-order valence-corrected chi connectivity index (χ4v) is 2.19. The molecule has 0 aliphatic heterocycles. The monoisotopic (exact) mass is 201 g/mol. The number of carboxylic acid groups (broad SMARTS) is 1. The number of carbonyl (C=O) groups is 1. The highest BCUT2D eigenvalue weighted by molar-refractivity contribution is 5.69. The van der Waals surface area contributed by atoms with Gasteiger partial charge in [-0.2, -0.15) is 0 Å². The fraction of sp³-hybridized carbons (Fsp3) is 0.900. The van der Waals surface area contributed by atoms with Gasteiger partial charge in [0.05, 0.1) is 12.6 Å². The lowest BCUT2D eigenvalue weighted by Gasteiger charge is -2.36. The van der Waals surface area contributed by atoms with E-state index < -0.39 is 5.97 Å². The van der Waals surface area contributed by atoms with Crippen LogP contribution in [0.1, 0.15) is 25.7 Å². The molecule has 2 unspecified atom stereocenters. The van der Waals surface area contributed by atoms with Crippen molar-refractivity contribution in [3.8, 4) is 0 Å². The van der Waals surface area contributed by atoms with Crippen LogP contribution in [0, 0.1) is 0 Å². The Bertz CT molecular complexity index is 196. The van der Waals surface area contributed by atoms with E-state index in [-0.39, 0.29) is 18.7 Å². The van der Waals surface area contributed by atoms with Gasteiger partial charge < -0.3 is 9.84 Å². The molecule has 0 heterocycles. The quantitative estimate of drug-likeness (QED) is 0.736. The minimum atomic E-state index is -0.770. The maximum atomic E-state index is 10.6. The molecule has 4 nitrogen and oxygen atoms in total. The molecule has 1 saturated carbocycles. The zero-order valence-corrected chi connectivity index (χ0v) is 8.90. The van der Waals surface area contributed by atoms with Crippen molar-refractivity contribution in [2.24, 2.45) is 0 Å². The van der Waals surface area contributed by atoms with Crippen LogP contribution in [0.3, 0.4) is 0 Å². The molecule has 1 fully saturated rings. The summed E-state index contributed by atoms with van der Waals surface area (Å²) in [6, 6.07) is 0.268.